The summed E-state index contributed by atoms with van der Waals surface area (Å²) < 4.78 is 8.87. The van der Waals surface area contributed by atoms with E-state index in [1.807, 2.05) is 37.7 Å². The van der Waals surface area contributed by atoms with Gasteiger partial charge in [0.15, 0.2) is 0 Å². The van der Waals surface area contributed by atoms with Crippen molar-refractivity contribution in [1.82, 2.24) is 29.7 Å². The number of carbonyl (C=O) groups is 1. The van der Waals surface area contributed by atoms with Crippen molar-refractivity contribution in [3.05, 3.63) is 30.4 Å². The number of ether oxygens (including phenoxy) is 1. The number of hydrogen-bond donors (Lipinski definition) is 3. The van der Waals surface area contributed by atoms with Crippen LogP contribution >= 0.6 is 0 Å². The second kappa shape index (κ2) is 9.71. The van der Waals surface area contributed by atoms with E-state index in [1.54, 1.807) is 25.0 Å². The van der Waals surface area contributed by atoms with E-state index in [4.69, 9.17) is 9.84 Å². The van der Waals surface area contributed by atoms with E-state index >= 15 is 0 Å². The van der Waals surface area contributed by atoms with Crippen molar-refractivity contribution in [1.29, 1.82) is 0 Å². The highest BCUT2D eigenvalue weighted by Gasteiger charge is 2.31. The van der Waals surface area contributed by atoms with E-state index in [-0.39, 0.29) is 18.1 Å². The SMILES string of the molecule is CNC(=O)C(C)(C)n1cc(-c2cc(C3CCC(O)CC3)n3nc(N[C@@H](C)COC)ncc23)cn1. The van der Waals surface area contributed by atoms with Gasteiger partial charge in [0.1, 0.15) is 5.54 Å². The van der Waals surface area contributed by atoms with Crippen LogP contribution in [0.4, 0.5) is 5.95 Å². The molecule has 10 nitrogen and oxygen atoms in total. The molecule has 0 saturated heterocycles. The summed E-state index contributed by atoms with van der Waals surface area (Å²) in [5.74, 6) is 0.712. The van der Waals surface area contributed by atoms with Gasteiger partial charge in [-0.2, -0.15) is 5.10 Å². The maximum Gasteiger partial charge on any atom is 0.247 e. The van der Waals surface area contributed by atoms with E-state index in [9.17, 15) is 9.90 Å². The van der Waals surface area contributed by atoms with Crippen molar-refractivity contribution >= 4 is 17.4 Å². The summed E-state index contributed by atoms with van der Waals surface area (Å²) in [5, 5.41) is 25.3. The molecular weight excluding hydrogens is 434 g/mol. The van der Waals surface area contributed by atoms with Crippen molar-refractivity contribution in [3.8, 4) is 11.1 Å². The molecule has 0 radical (unpaired) electrons. The zero-order chi connectivity index (χ0) is 24.5. The smallest absolute Gasteiger partial charge is 0.247 e. The van der Waals surface area contributed by atoms with Crippen LogP contribution in [0, 0.1) is 0 Å². The third-order valence-electron chi connectivity index (χ3n) is 6.70. The third-order valence-corrected chi connectivity index (χ3v) is 6.70. The topological polar surface area (TPSA) is 119 Å². The normalized spacial score (nSPS) is 19.8. The number of fused-ring (bicyclic) bond motifs is 1. The van der Waals surface area contributed by atoms with Gasteiger partial charge in [-0.25, -0.2) is 9.50 Å². The van der Waals surface area contributed by atoms with Gasteiger partial charge in [-0.15, -0.1) is 5.10 Å². The number of methoxy groups -OCH3 is 1. The number of carbonyl (C=O) groups excluding carboxylic acids is 1. The van der Waals surface area contributed by atoms with Gasteiger partial charge in [0.25, 0.3) is 0 Å². The number of anilines is 1. The Kier molecular flexibility index (Phi) is 6.90. The van der Waals surface area contributed by atoms with E-state index in [1.165, 1.54) is 0 Å². The van der Waals surface area contributed by atoms with Gasteiger partial charge in [0, 0.05) is 49.1 Å². The number of nitrogens with zero attached hydrogens (tertiary/aromatic N) is 5. The molecule has 0 bridgehead atoms. The van der Waals surface area contributed by atoms with Crippen LogP contribution in [0.25, 0.3) is 16.6 Å². The second-order valence-corrected chi connectivity index (χ2v) is 9.68. The van der Waals surface area contributed by atoms with E-state index in [0.717, 1.165) is 48.0 Å². The van der Waals surface area contributed by atoms with Crippen LogP contribution in [0.15, 0.2) is 24.7 Å². The maximum atomic E-state index is 12.4. The lowest BCUT2D eigenvalue weighted by molar-refractivity contribution is -0.128. The summed E-state index contributed by atoms with van der Waals surface area (Å²) in [6.07, 6.45) is 8.65. The Balaban J connectivity index is 1.76. The predicted molar refractivity (Wildman–Crippen MR) is 130 cm³/mol. The lowest BCUT2D eigenvalue weighted by Gasteiger charge is -2.25. The van der Waals surface area contributed by atoms with Crippen LogP contribution in [0.3, 0.4) is 0 Å². The van der Waals surface area contributed by atoms with Crippen LogP contribution in [-0.4, -0.2) is 68.3 Å². The summed E-state index contributed by atoms with van der Waals surface area (Å²) in [5.41, 5.74) is 3.02. The van der Waals surface area contributed by atoms with Crippen molar-refractivity contribution in [2.24, 2.45) is 0 Å². The lowest BCUT2D eigenvalue weighted by atomic mass is 9.85. The molecule has 0 aromatic carbocycles. The van der Waals surface area contributed by atoms with E-state index < -0.39 is 5.54 Å². The number of aliphatic hydroxyl groups excluding tert-OH is 1. The first kappa shape index (κ1) is 24.2. The number of aromatic nitrogens is 5. The standard InChI is InChI=1S/C24H35N7O3/c1-15(14-34-5)28-23-26-12-21-19(17-11-27-30(13-17)24(2,3)22(33)25-4)10-20(31(21)29-23)16-6-8-18(32)9-7-16/h10-13,15-16,18,32H,6-9,14H2,1-5H3,(H,25,33)(H,28,29)/t15-,16?,18?/m0/s1. The molecule has 1 fully saturated rings. The van der Waals surface area contributed by atoms with Crippen LogP contribution < -0.4 is 10.6 Å². The monoisotopic (exact) mass is 469 g/mol. The van der Waals surface area contributed by atoms with Gasteiger partial charge >= 0.3 is 0 Å². The fourth-order valence-electron chi connectivity index (χ4n) is 4.66. The van der Waals surface area contributed by atoms with Crippen molar-refractivity contribution in [2.75, 3.05) is 26.1 Å². The zero-order valence-corrected chi connectivity index (χ0v) is 20.6. The Labute approximate surface area is 199 Å². The molecule has 3 aromatic heterocycles. The Morgan fingerprint density at radius 1 is 1.29 bits per heavy atom. The zero-order valence-electron chi connectivity index (χ0n) is 20.6. The number of nitrogens with one attached hydrogen (secondary N) is 2. The van der Waals surface area contributed by atoms with E-state index in [2.05, 4.69) is 26.8 Å². The summed E-state index contributed by atoms with van der Waals surface area (Å²) in [6, 6.07) is 2.22. The molecule has 0 unspecified atom stereocenters. The second-order valence-electron chi connectivity index (χ2n) is 9.68. The summed E-state index contributed by atoms with van der Waals surface area (Å²) in [6.45, 7) is 6.24. The van der Waals surface area contributed by atoms with Crippen molar-refractivity contribution in [2.45, 2.75) is 70.1 Å². The Morgan fingerprint density at radius 3 is 2.71 bits per heavy atom. The molecule has 3 heterocycles. The number of aliphatic hydroxyl groups is 1. The van der Waals surface area contributed by atoms with Gasteiger partial charge in [-0.3, -0.25) is 9.48 Å². The molecule has 0 spiro atoms. The number of amides is 1. The third kappa shape index (κ3) is 4.65. The molecule has 184 valence electrons. The highest BCUT2D eigenvalue weighted by molar-refractivity contribution is 5.84. The first-order valence-corrected chi connectivity index (χ1v) is 11.8. The molecule has 1 atom stereocenters. The molecule has 34 heavy (non-hydrogen) atoms. The fourth-order valence-corrected chi connectivity index (χ4v) is 4.66. The van der Waals surface area contributed by atoms with Crippen molar-refractivity contribution < 1.29 is 14.6 Å². The minimum Gasteiger partial charge on any atom is -0.393 e. The predicted octanol–water partition coefficient (Wildman–Crippen LogP) is 2.54. The van der Waals surface area contributed by atoms with Crippen LogP contribution in [-0.2, 0) is 15.1 Å². The first-order valence-electron chi connectivity index (χ1n) is 11.8. The Bertz CT molecular complexity index is 1140. The fraction of sp³-hybridized carbons (Fsp3) is 0.583. The number of hydrogen-bond acceptors (Lipinski definition) is 7. The van der Waals surface area contributed by atoms with Crippen LogP contribution in [0.2, 0.25) is 0 Å². The summed E-state index contributed by atoms with van der Waals surface area (Å²) in [4.78, 5) is 16.9. The van der Waals surface area contributed by atoms with Gasteiger partial charge in [0.2, 0.25) is 11.9 Å². The van der Waals surface area contributed by atoms with Gasteiger partial charge in [-0.1, -0.05) is 0 Å². The summed E-state index contributed by atoms with van der Waals surface area (Å²) in [7, 11) is 3.29. The molecule has 3 N–H and O–H groups in total. The number of rotatable bonds is 8. The van der Waals surface area contributed by atoms with Gasteiger partial charge in [-0.05, 0) is 52.5 Å². The number of likely N-dealkylation sites (N-methyl/N-ethyl adjacent to an activating group) is 1. The summed E-state index contributed by atoms with van der Waals surface area (Å²) >= 11 is 0. The molecule has 10 heteroatoms. The first-order chi connectivity index (χ1) is 16.2. The molecule has 1 aliphatic carbocycles. The Hall–Kier alpha value is -2.98. The van der Waals surface area contributed by atoms with Crippen LogP contribution in [0.5, 0.6) is 0 Å². The molecule has 1 aliphatic rings. The minimum atomic E-state index is -0.823. The van der Waals surface area contributed by atoms with Crippen molar-refractivity contribution in [3.63, 3.8) is 0 Å². The van der Waals surface area contributed by atoms with Gasteiger partial charge in [0.05, 0.1) is 30.6 Å². The molecule has 1 amide bonds. The lowest BCUT2D eigenvalue weighted by Crippen LogP contribution is -2.43. The molecular formula is C24H35N7O3. The minimum absolute atomic E-state index is 0.0657. The molecule has 4 rings (SSSR count). The average Bonchev–Trinajstić information content (AvgIpc) is 3.44. The maximum absolute atomic E-state index is 12.4. The van der Waals surface area contributed by atoms with Gasteiger partial charge < -0.3 is 20.5 Å². The van der Waals surface area contributed by atoms with E-state index in [0.29, 0.717) is 18.5 Å². The highest BCUT2D eigenvalue weighted by Crippen LogP contribution is 2.37. The van der Waals surface area contributed by atoms with Crippen LogP contribution in [0.1, 0.15) is 58.1 Å². The molecule has 1 saturated carbocycles. The molecule has 0 aliphatic heterocycles. The highest BCUT2D eigenvalue weighted by atomic mass is 16.5. The largest absolute Gasteiger partial charge is 0.393 e. The average molecular weight is 470 g/mol. The quantitative estimate of drug-likeness (QED) is 0.464. The Morgan fingerprint density at radius 2 is 2.03 bits per heavy atom. The molecule has 3 aromatic rings.